The van der Waals surface area contributed by atoms with Gasteiger partial charge in [-0.1, -0.05) is 88.7 Å². The summed E-state index contributed by atoms with van der Waals surface area (Å²) in [6.45, 7) is 11.1. The van der Waals surface area contributed by atoms with Gasteiger partial charge < -0.3 is 5.11 Å². The van der Waals surface area contributed by atoms with Crippen molar-refractivity contribution in [1.29, 1.82) is 0 Å². The molecule has 0 amide bonds. The second-order valence-electron chi connectivity index (χ2n) is 13.9. The Hall–Kier alpha value is -4.31. The van der Waals surface area contributed by atoms with E-state index < -0.39 is 0 Å². The average Bonchev–Trinajstić information content (AvgIpc) is 3.59. The van der Waals surface area contributed by atoms with Crippen molar-refractivity contribution in [1.82, 2.24) is 14.5 Å². The van der Waals surface area contributed by atoms with E-state index in [2.05, 4.69) is 124 Å². The van der Waals surface area contributed by atoms with E-state index >= 15 is 0 Å². The number of fused-ring (bicyclic) bond motifs is 6. The van der Waals surface area contributed by atoms with Gasteiger partial charge in [0.2, 0.25) is 0 Å². The van der Waals surface area contributed by atoms with E-state index in [0.29, 0.717) is 5.92 Å². The summed E-state index contributed by atoms with van der Waals surface area (Å²) in [5.41, 5.74) is 7.74. The predicted molar refractivity (Wildman–Crippen MR) is 198 cm³/mol. The Morgan fingerprint density at radius 1 is 0.812 bits per heavy atom. The number of para-hydroxylation sites is 1. The average molecular weight is 826 g/mol. The maximum absolute atomic E-state index is 11.2. The molecule has 8 rings (SSSR count). The summed E-state index contributed by atoms with van der Waals surface area (Å²) in [5.74, 6) is 1.54. The molecule has 0 radical (unpaired) electrons. The molecule has 0 aliphatic carbocycles. The molecule has 4 nitrogen and oxygen atoms in total. The topological polar surface area (TPSA) is 50.9 Å². The first-order valence-electron chi connectivity index (χ1n) is 16.2. The number of hydrogen-bond acceptors (Lipinski definition) is 4. The second-order valence-corrected chi connectivity index (χ2v) is 15.0. The van der Waals surface area contributed by atoms with Crippen molar-refractivity contribution in [2.75, 3.05) is 0 Å². The van der Waals surface area contributed by atoms with Crippen LogP contribution in [0.3, 0.4) is 0 Å². The normalized spacial score (nSPS) is 12.0. The Bertz CT molecular complexity index is 2430. The van der Waals surface area contributed by atoms with E-state index in [1.807, 2.05) is 24.4 Å². The van der Waals surface area contributed by atoms with E-state index in [1.165, 1.54) is 21.2 Å². The van der Waals surface area contributed by atoms with Gasteiger partial charge in [0.25, 0.3) is 0 Å². The van der Waals surface area contributed by atoms with Gasteiger partial charge in [0.15, 0.2) is 0 Å². The van der Waals surface area contributed by atoms with Gasteiger partial charge in [0.1, 0.15) is 11.5 Å². The summed E-state index contributed by atoms with van der Waals surface area (Å²) >= 11 is 1.77. The van der Waals surface area contributed by atoms with Gasteiger partial charge in [0.05, 0.1) is 11.3 Å². The maximum Gasteiger partial charge on any atom is 0.146 e. The van der Waals surface area contributed by atoms with Crippen LogP contribution in [-0.4, -0.2) is 19.6 Å². The van der Waals surface area contributed by atoms with E-state index in [9.17, 15) is 5.11 Å². The zero-order valence-corrected chi connectivity index (χ0v) is 30.7. The third kappa shape index (κ3) is 5.53. The number of phenols is 1. The van der Waals surface area contributed by atoms with Crippen molar-refractivity contribution in [3.8, 4) is 34.0 Å². The largest absolute Gasteiger partial charge is 0.515 e. The summed E-state index contributed by atoms with van der Waals surface area (Å²) in [6, 6.07) is 37.5. The van der Waals surface area contributed by atoms with Crippen molar-refractivity contribution in [3.63, 3.8) is 0 Å². The van der Waals surface area contributed by atoms with Crippen LogP contribution in [-0.2, 0) is 32.9 Å². The third-order valence-electron chi connectivity index (χ3n) is 8.99. The van der Waals surface area contributed by atoms with E-state index in [-0.39, 0.29) is 32.2 Å². The number of aromatic hydroxyl groups is 1. The fourth-order valence-corrected chi connectivity index (χ4v) is 7.93. The fraction of sp³-hybridized carbons (Fsp3) is 0.190. The van der Waals surface area contributed by atoms with Gasteiger partial charge in [0, 0.05) is 53.1 Å². The summed E-state index contributed by atoms with van der Waals surface area (Å²) in [5, 5.41) is 15.8. The Balaban J connectivity index is 0.00000364. The van der Waals surface area contributed by atoms with Crippen LogP contribution in [0.2, 0.25) is 0 Å². The molecule has 242 valence electrons. The van der Waals surface area contributed by atoms with Gasteiger partial charge in [-0.05, 0) is 76.1 Å². The van der Waals surface area contributed by atoms with Crippen LogP contribution in [0.25, 0.3) is 70.3 Å². The summed E-state index contributed by atoms with van der Waals surface area (Å²) in [4.78, 5) is 10.3. The van der Waals surface area contributed by atoms with E-state index in [4.69, 9.17) is 9.97 Å². The van der Waals surface area contributed by atoms with Crippen molar-refractivity contribution >= 4 is 53.4 Å². The van der Waals surface area contributed by atoms with Crippen LogP contribution in [0.5, 0.6) is 5.75 Å². The Morgan fingerprint density at radius 3 is 2.33 bits per heavy atom. The molecule has 8 aromatic rings. The minimum absolute atomic E-state index is 0. The Labute approximate surface area is 299 Å². The number of aromatic nitrogens is 3. The van der Waals surface area contributed by atoms with Gasteiger partial charge in [-0.3, -0.25) is 9.55 Å². The minimum atomic E-state index is -0.0592. The molecule has 4 aromatic heterocycles. The standard InChI is InChI=1S/C42H36N3OS.Pt/c1-25(2)19-26-20-27(33-23-29(42(3,4)5)16-17-36(33)46)22-28(21-26)39-40-34(31-12-7-9-15-37(31)47-40)24-38(44-39)45-35-14-8-6-11-30(35)32-13-10-18-43-41(32)45;/h6-18,20-21,23-25,46H,19H2,1-5H3;/q-1;. The zero-order chi connectivity index (χ0) is 32.4. The first kappa shape index (κ1) is 32.2. The van der Waals surface area contributed by atoms with Crippen molar-refractivity contribution in [3.05, 3.63) is 120 Å². The molecule has 6 heteroatoms. The number of phenolic OH excluding ortho intramolecular Hbond substituents is 1. The summed E-state index contributed by atoms with van der Waals surface area (Å²) < 4.78 is 4.54. The summed E-state index contributed by atoms with van der Waals surface area (Å²) in [6.07, 6.45) is 2.76. The molecule has 0 aliphatic rings. The molecular weight excluding hydrogens is 790 g/mol. The zero-order valence-electron chi connectivity index (χ0n) is 27.6. The number of nitrogens with zero attached hydrogens (tertiary/aromatic N) is 3. The maximum atomic E-state index is 11.2. The van der Waals surface area contributed by atoms with E-state index in [1.54, 1.807) is 11.3 Å². The molecule has 0 bridgehead atoms. The predicted octanol–water partition coefficient (Wildman–Crippen LogP) is 11.3. The molecule has 0 unspecified atom stereocenters. The Kier molecular flexibility index (Phi) is 8.26. The molecule has 0 saturated heterocycles. The molecule has 1 N–H and O–H groups in total. The van der Waals surface area contributed by atoms with Crippen LogP contribution in [0.1, 0.15) is 45.7 Å². The number of pyridine rings is 2. The van der Waals surface area contributed by atoms with Gasteiger partial charge in [-0.15, -0.1) is 40.7 Å². The molecule has 4 heterocycles. The molecule has 0 spiro atoms. The quantitative estimate of drug-likeness (QED) is 0.176. The molecular formula is C42H36N3OPtS-. The summed E-state index contributed by atoms with van der Waals surface area (Å²) in [7, 11) is 0. The number of benzene rings is 4. The molecule has 0 atom stereocenters. The third-order valence-corrected chi connectivity index (χ3v) is 10.2. The molecule has 48 heavy (non-hydrogen) atoms. The molecule has 0 aliphatic heterocycles. The van der Waals surface area contributed by atoms with Crippen LogP contribution in [0.4, 0.5) is 0 Å². The van der Waals surface area contributed by atoms with Gasteiger partial charge in [-0.25, -0.2) is 4.98 Å². The van der Waals surface area contributed by atoms with Crippen LogP contribution >= 0.6 is 11.3 Å². The second kappa shape index (κ2) is 12.3. The number of rotatable bonds is 5. The fourth-order valence-electron chi connectivity index (χ4n) is 6.75. The van der Waals surface area contributed by atoms with Crippen molar-refractivity contribution in [2.24, 2.45) is 5.92 Å². The monoisotopic (exact) mass is 825 g/mol. The SMILES string of the molecule is CC(C)Cc1cc(-c2cc(C(C)(C)C)ccc2O)[c-]c(-c2nc(-n3c4ccccc4c4cccnc43)cc3c2sc2ccccc23)c1.[Pt]. The number of hydrogen-bond donors (Lipinski definition) is 1. The molecule has 0 saturated carbocycles. The Morgan fingerprint density at radius 2 is 1.54 bits per heavy atom. The minimum Gasteiger partial charge on any atom is -0.515 e. The first-order chi connectivity index (χ1) is 22.7. The molecule has 0 fully saturated rings. The smallest absolute Gasteiger partial charge is 0.146 e. The van der Waals surface area contributed by atoms with E-state index in [0.717, 1.165) is 66.6 Å². The van der Waals surface area contributed by atoms with Crippen molar-refractivity contribution in [2.45, 2.75) is 46.5 Å². The molecule has 4 aromatic carbocycles. The van der Waals surface area contributed by atoms with Crippen molar-refractivity contribution < 1.29 is 26.2 Å². The number of thiophene rings is 1. The van der Waals surface area contributed by atoms with Crippen LogP contribution in [0, 0.1) is 12.0 Å². The van der Waals surface area contributed by atoms with Gasteiger partial charge in [-0.2, -0.15) is 0 Å². The van der Waals surface area contributed by atoms with Crippen LogP contribution < -0.4 is 0 Å². The van der Waals surface area contributed by atoms with Gasteiger partial charge >= 0.3 is 0 Å². The van der Waals surface area contributed by atoms with Crippen LogP contribution in [0.15, 0.2) is 103 Å². The first-order valence-corrected chi connectivity index (χ1v) is 17.0.